The molecule has 0 fully saturated rings. The van der Waals surface area contributed by atoms with Crippen LogP contribution in [0.15, 0.2) is 24.3 Å². The fourth-order valence-electron chi connectivity index (χ4n) is 1.85. The van der Waals surface area contributed by atoms with Gasteiger partial charge in [0.2, 0.25) is 0 Å². The van der Waals surface area contributed by atoms with Gasteiger partial charge in [-0.25, -0.2) is 0 Å². The summed E-state index contributed by atoms with van der Waals surface area (Å²) in [7, 11) is 1.83. The van der Waals surface area contributed by atoms with Gasteiger partial charge in [-0.05, 0) is 37.1 Å². The van der Waals surface area contributed by atoms with Crippen molar-refractivity contribution in [3.05, 3.63) is 24.3 Å². The average Bonchev–Trinajstić information content (AvgIpc) is 2.39. The predicted octanol–water partition coefficient (Wildman–Crippen LogP) is 2.29. The minimum Gasteiger partial charge on any atom is -0.484 e. The van der Waals surface area contributed by atoms with Crippen molar-refractivity contribution in [1.82, 2.24) is 4.90 Å². The maximum atomic E-state index is 11.9. The lowest BCUT2D eigenvalue weighted by atomic mass is 10.1. The number of benzene rings is 1. The van der Waals surface area contributed by atoms with Crippen LogP contribution in [0.5, 0.6) is 5.75 Å². The van der Waals surface area contributed by atoms with E-state index in [1.807, 2.05) is 7.05 Å². The Morgan fingerprint density at radius 1 is 1.28 bits per heavy atom. The van der Waals surface area contributed by atoms with Gasteiger partial charge in [0.15, 0.2) is 6.61 Å². The van der Waals surface area contributed by atoms with Crippen LogP contribution in [-0.4, -0.2) is 30.5 Å². The monoisotopic (exact) mass is 250 g/mol. The summed E-state index contributed by atoms with van der Waals surface area (Å²) < 4.78 is 5.44. The fraction of sp³-hybridized carbons (Fsp3) is 0.500. The molecule has 0 spiro atoms. The molecule has 0 saturated carbocycles. The molecule has 1 aromatic rings. The van der Waals surface area contributed by atoms with Crippen LogP contribution in [0.25, 0.3) is 0 Å². The van der Waals surface area contributed by atoms with Crippen molar-refractivity contribution in [3.63, 3.8) is 0 Å². The standard InChI is InChI=1S/C14H22N2O2/c1-4-12(5-2)16(3)14(17)10-18-13-8-6-11(15)7-9-13/h6-9,12H,4-5,10,15H2,1-3H3. The summed E-state index contributed by atoms with van der Waals surface area (Å²) in [6.45, 7) is 4.23. The molecule has 1 aromatic carbocycles. The second kappa shape index (κ2) is 6.89. The number of amides is 1. The number of hydrogen-bond donors (Lipinski definition) is 1. The normalized spacial score (nSPS) is 10.4. The van der Waals surface area contributed by atoms with Gasteiger partial charge in [0.1, 0.15) is 5.75 Å². The van der Waals surface area contributed by atoms with Crippen LogP contribution in [0, 0.1) is 0 Å². The topological polar surface area (TPSA) is 55.6 Å². The molecule has 0 bridgehead atoms. The maximum absolute atomic E-state index is 11.9. The highest BCUT2D eigenvalue weighted by molar-refractivity contribution is 5.77. The lowest BCUT2D eigenvalue weighted by Crippen LogP contribution is -2.39. The second-order valence-electron chi connectivity index (χ2n) is 4.33. The zero-order valence-corrected chi connectivity index (χ0v) is 11.3. The largest absolute Gasteiger partial charge is 0.484 e. The van der Waals surface area contributed by atoms with E-state index in [1.165, 1.54) is 0 Å². The van der Waals surface area contributed by atoms with Crippen LogP contribution in [0.2, 0.25) is 0 Å². The SMILES string of the molecule is CCC(CC)N(C)C(=O)COc1ccc(N)cc1. The molecule has 0 aromatic heterocycles. The van der Waals surface area contributed by atoms with Crippen molar-refractivity contribution < 1.29 is 9.53 Å². The van der Waals surface area contributed by atoms with Gasteiger partial charge in [-0.3, -0.25) is 4.79 Å². The summed E-state index contributed by atoms with van der Waals surface area (Å²) in [5.74, 6) is 0.663. The first kappa shape index (κ1) is 14.4. The van der Waals surface area contributed by atoms with Crippen molar-refractivity contribution in [3.8, 4) is 5.75 Å². The van der Waals surface area contributed by atoms with Gasteiger partial charge in [0.25, 0.3) is 5.91 Å². The maximum Gasteiger partial charge on any atom is 0.260 e. The van der Waals surface area contributed by atoms with E-state index in [1.54, 1.807) is 29.2 Å². The van der Waals surface area contributed by atoms with E-state index in [0.29, 0.717) is 11.4 Å². The van der Waals surface area contributed by atoms with Crippen molar-refractivity contribution in [1.29, 1.82) is 0 Å². The molecule has 0 saturated heterocycles. The number of ether oxygens (including phenoxy) is 1. The Bertz CT molecular complexity index is 372. The number of carbonyl (C=O) groups is 1. The number of hydrogen-bond acceptors (Lipinski definition) is 3. The molecule has 0 unspecified atom stereocenters. The molecule has 1 rings (SSSR count). The van der Waals surface area contributed by atoms with Crippen molar-refractivity contribution >= 4 is 11.6 Å². The second-order valence-corrected chi connectivity index (χ2v) is 4.33. The lowest BCUT2D eigenvalue weighted by molar-refractivity contribution is -0.134. The quantitative estimate of drug-likeness (QED) is 0.788. The molecule has 18 heavy (non-hydrogen) atoms. The molecule has 100 valence electrons. The number of nitrogen functional groups attached to an aromatic ring is 1. The van der Waals surface area contributed by atoms with E-state index < -0.39 is 0 Å². The zero-order chi connectivity index (χ0) is 13.5. The van der Waals surface area contributed by atoms with Crippen molar-refractivity contribution in [2.45, 2.75) is 32.7 Å². The van der Waals surface area contributed by atoms with E-state index in [2.05, 4.69) is 13.8 Å². The number of nitrogens with two attached hydrogens (primary N) is 1. The third-order valence-corrected chi connectivity index (χ3v) is 3.13. The third-order valence-electron chi connectivity index (χ3n) is 3.13. The molecule has 0 aliphatic carbocycles. The number of carbonyl (C=O) groups excluding carboxylic acids is 1. The van der Waals surface area contributed by atoms with Gasteiger partial charge in [-0.15, -0.1) is 0 Å². The lowest BCUT2D eigenvalue weighted by Gasteiger charge is -2.26. The summed E-state index contributed by atoms with van der Waals surface area (Å²) in [5, 5.41) is 0. The minimum absolute atomic E-state index is 0.000486. The molecule has 0 atom stereocenters. The van der Waals surface area contributed by atoms with Crippen LogP contribution in [-0.2, 0) is 4.79 Å². The highest BCUT2D eigenvalue weighted by Gasteiger charge is 2.16. The summed E-state index contributed by atoms with van der Waals surface area (Å²) in [4.78, 5) is 13.7. The van der Waals surface area contributed by atoms with Crippen LogP contribution < -0.4 is 10.5 Å². The molecule has 2 N–H and O–H groups in total. The van der Waals surface area contributed by atoms with Gasteiger partial charge in [0, 0.05) is 18.8 Å². The van der Waals surface area contributed by atoms with E-state index >= 15 is 0 Å². The van der Waals surface area contributed by atoms with Crippen LogP contribution in [0.3, 0.4) is 0 Å². The first-order valence-corrected chi connectivity index (χ1v) is 6.32. The Labute approximate surface area is 109 Å². The molecular weight excluding hydrogens is 228 g/mol. The molecule has 0 heterocycles. The van der Waals surface area contributed by atoms with E-state index in [4.69, 9.17) is 10.5 Å². The highest BCUT2D eigenvalue weighted by Crippen LogP contribution is 2.13. The summed E-state index contributed by atoms with van der Waals surface area (Å²) >= 11 is 0. The smallest absolute Gasteiger partial charge is 0.260 e. The number of nitrogens with zero attached hydrogens (tertiary/aromatic N) is 1. The average molecular weight is 250 g/mol. The molecule has 0 aliphatic heterocycles. The van der Waals surface area contributed by atoms with Crippen molar-refractivity contribution in [2.24, 2.45) is 0 Å². The van der Waals surface area contributed by atoms with Crippen LogP contribution in [0.1, 0.15) is 26.7 Å². The van der Waals surface area contributed by atoms with Crippen LogP contribution in [0.4, 0.5) is 5.69 Å². The molecule has 4 heteroatoms. The van der Waals surface area contributed by atoms with Gasteiger partial charge in [-0.2, -0.15) is 0 Å². The van der Waals surface area contributed by atoms with E-state index in [0.717, 1.165) is 12.8 Å². The first-order chi connectivity index (χ1) is 8.58. The third kappa shape index (κ3) is 3.95. The van der Waals surface area contributed by atoms with Gasteiger partial charge < -0.3 is 15.4 Å². The summed E-state index contributed by atoms with van der Waals surface area (Å²) in [5.41, 5.74) is 6.26. The zero-order valence-electron chi connectivity index (χ0n) is 11.3. The summed E-state index contributed by atoms with van der Waals surface area (Å²) in [6.07, 6.45) is 1.92. The Balaban J connectivity index is 2.47. The highest BCUT2D eigenvalue weighted by atomic mass is 16.5. The Hall–Kier alpha value is -1.71. The van der Waals surface area contributed by atoms with Crippen molar-refractivity contribution in [2.75, 3.05) is 19.4 Å². The molecular formula is C14H22N2O2. The number of likely N-dealkylation sites (N-methyl/N-ethyl adjacent to an activating group) is 1. The molecule has 0 radical (unpaired) electrons. The number of anilines is 1. The Morgan fingerprint density at radius 3 is 2.33 bits per heavy atom. The van der Waals surface area contributed by atoms with Gasteiger partial charge >= 0.3 is 0 Å². The van der Waals surface area contributed by atoms with Gasteiger partial charge in [0.05, 0.1) is 0 Å². The Kier molecular flexibility index (Phi) is 5.49. The number of rotatable bonds is 6. The molecule has 0 aliphatic rings. The molecule has 4 nitrogen and oxygen atoms in total. The van der Waals surface area contributed by atoms with Gasteiger partial charge in [-0.1, -0.05) is 13.8 Å². The summed E-state index contributed by atoms with van der Waals surface area (Å²) in [6, 6.07) is 7.32. The van der Waals surface area contributed by atoms with E-state index in [-0.39, 0.29) is 18.6 Å². The predicted molar refractivity (Wildman–Crippen MR) is 73.5 cm³/mol. The van der Waals surface area contributed by atoms with E-state index in [9.17, 15) is 4.79 Å². The Morgan fingerprint density at radius 2 is 1.83 bits per heavy atom. The molecule has 1 amide bonds. The first-order valence-electron chi connectivity index (χ1n) is 6.32. The minimum atomic E-state index is 0.000486. The fourth-order valence-corrected chi connectivity index (χ4v) is 1.85. The van der Waals surface area contributed by atoms with Crippen LogP contribution >= 0.6 is 0 Å².